The first kappa shape index (κ1) is 14.3. The van der Waals surface area contributed by atoms with Crippen molar-refractivity contribution >= 4 is 11.8 Å². The van der Waals surface area contributed by atoms with Gasteiger partial charge >= 0.3 is 0 Å². The van der Waals surface area contributed by atoms with E-state index < -0.39 is 0 Å². The first-order chi connectivity index (χ1) is 9.00. The number of carbonyl (C=O) groups excluding carboxylic acids is 2. The molecule has 0 bridgehead atoms. The molecule has 2 fully saturated rings. The largest absolute Gasteiger partial charge is 0.375 e. The Morgan fingerprint density at radius 1 is 1.32 bits per heavy atom. The number of amides is 2. The molecule has 108 valence electrons. The topological polar surface area (TPSA) is 49.9 Å². The van der Waals surface area contributed by atoms with E-state index in [1.54, 1.807) is 14.0 Å². The highest BCUT2D eigenvalue weighted by atomic mass is 16.5. The molecule has 5 heteroatoms. The molecule has 19 heavy (non-hydrogen) atoms. The van der Waals surface area contributed by atoms with Crippen molar-refractivity contribution < 1.29 is 14.3 Å². The summed E-state index contributed by atoms with van der Waals surface area (Å²) in [5.74, 6) is 0.164. The summed E-state index contributed by atoms with van der Waals surface area (Å²) in [4.78, 5) is 27.9. The van der Waals surface area contributed by atoms with Gasteiger partial charge in [0.2, 0.25) is 11.8 Å². The fraction of sp³-hybridized carbons (Fsp3) is 0.857. The summed E-state index contributed by atoms with van der Waals surface area (Å²) < 4.78 is 4.98. The van der Waals surface area contributed by atoms with Crippen LogP contribution in [0.15, 0.2) is 0 Å². The number of likely N-dealkylation sites (tertiary alicyclic amines) is 2. The maximum Gasteiger partial charge on any atom is 0.249 e. The first-order valence-electron chi connectivity index (χ1n) is 7.07. The second-order valence-corrected chi connectivity index (χ2v) is 5.81. The zero-order chi connectivity index (χ0) is 14.0. The van der Waals surface area contributed by atoms with Gasteiger partial charge < -0.3 is 14.5 Å². The number of ether oxygens (including phenoxy) is 1. The molecular weight excluding hydrogens is 244 g/mol. The Morgan fingerprint density at radius 2 is 2.05 bits per heavy atom. The Balaban J connectivity index is 2.24. The summed E-state index contributed by atoms with van der Waals surface area (Å²) in [5.41, 5.74) is -0.224. The van der Waals surface area contributed by atoms with E-state index in [1.807, 2.05) is 9.80 Å². The molecule has 2 aliphatic rings. The van der Waals surface area contributed by atoms with Crippen LogP contribution in [-0.4, -0.2) is 60.0 Å². The molecule has 2 heterocycles. The highest BCUT2D eigenvalue weighted by Gasteiger charge is 2.49. The summed E-state index contributed by atoms with van der Waals surface area (Å²) in [6.07, 6.45) is 3.88. The molecule has 0 N–H and O–H groups in total. The number of rotatable bonds is 2. The van der Waals surface area contributed by atoms with Gasteiger partial charge in [-0.05, 0) is 32.6 Å². The number of hydrogen-bond donors (Lipinski definition) is 0. The Kier molecular flexibility index (Phi) is 4.13. The van der Waals surface area contributed by atoms with Crippen LogP contribution in [0.1, 0.15) is 39.5 Å². The van der Waals surface area contributed by atoms with Gasteiger partial charge in [0.15, 0.2) is 0 Å². The molecule has 2 aliphatic heterocycles. The van der Waals surface area contributed by atoms with Crippen LogP contribution in [0, 0.1) is 0 Å². The van der Waals surface area contributed by atoms with Crippen LogP contribution in [0.4, 0.5) is 0 Å². The predicted molar refractivity (Wildman–Crippen MR) is 71.6 cm³/mol. The van der Waals surface area contributed by atoms with Crippen LogP contribution in [0.3, 0.4) is 0 Å². The lowest BCUT2D eigenvalue weighted by atomic mass is 9.76. The molecular formula is C14H24N2O3. The average molecular weight is 268 g/mol. The van der Waals surface area contributed by atoms with Crippen LogP contribution in [0.25, 0.3) is 0 Å². The standard InChI is InChI=1S/C14H24N2O3/c1-11(17)15-8-5-7-14(2)12(15)6-4-9-16(14)13(18)10-19-3/h12H,4-10H2,1-3H3/t12-,14-/m0/s1. The van der Waals surface area contributed by atoms with E-state index in [4.69, 9.17) is 4.74 Å². The number of methoxy groups -OCH3 is 1. The molecule has 5 nitrogen and oxygen atoms in total. The third-order valence-corrected chi connectivity index (χ3v) is 4.63. The third-order valence-electron chi connectivity index (χ3n) is 4.63. The van der Waals surface area contributed by atoms with Gasteiger partial charge in [-0.3, -0.25) is 9.59 Å². The van der Waals surface area contributed by atoms with E-state index in [9.17, 15) is 9.59 Å². The predicted octanol–water partition coefficient (Wildman–Crippen LogP) is 1.02. The van der Waals surface area contributed by atoms with Crippen molar-refractivity contribution in [1.82, 2.24) is 9.80 Å². The Morgan fingerprint density at radius 3 is 2.68 bits per heavy atom. The lowest BCUT2D eigenvalue weighted by Gasteiger charge is -2.56. The fourth-order valence-electron chi connectivity index (χ4n) is 3.73. The Bertz CT molecular complexity index is 372. The van der Waals surface area contributed by atoms with Gasteiger partial charge in [-0.2, -0.15) is 0 Å². The van der Waals surface area contributed by atoms with E-state index in [1.165, 1.54) is 0 Å². The minimum Gasteiger partial charge on any atom is -0.375 e. The smallest absolute Gasteiger partial charge is 0.249 e. The minimum atomic E-state index is -0.224. The maximum atomic E-state index is 12.2. The molecule has 2 rings (SSSR count). The lowest BCUT2D eigenvalue weighted by Crippen LogP contribution is -2.68. The van der Waals surface area contributed by atoms with Crippen LogP contribution in [0.5, 0.6) is 0 Å². The first-order valence-corrected chi connectivity index (χ1v) is 7.07. The van der Waals surface area contributed by atoms with Crippen molar-refractivity contribution in [3.05, 3.63) is 0 Å². The Labute approximate surface area is 114 Å². The SMILES string of the molecule is COCC(=O)N1CCC[C@@H]2N(C(C)=O)CCC[C@@]21C. The molecule has 2 atom stereocenters. The van der Waals surface area contributed by atoms with Crippen LogP contribution in [0.2, 0.25) is 0 Å². The lowest BCUT2D eigenvalue weighted by molar-refractivity contribution is -0.157. The molecule has 0 radical (unpaired) electrons. The van der Waals surface area contributed by atoms with Crippen LogP contribution < -0.4 is 0 Å². The van der Waals surface area contributed by atoms with E-state index in [-0.39, 0.29) is 30.0 Å². The molecule has 2 amide bonds. The van der Waals surface area contributed by atoms with Gasteiger partial charge in [-0.15, -0.1) is 0 Å². The quantitative estimate of drug-likeness (QED) is 0.751. The molecule has 0 aliphatic carbocycles. The molecule has 0 aromatic carbocycles. The number of carbonyl (C=O) groups is 2. The van der Waals surface area contributed by atoms with E-state index >= 15 is 0 Å². The van der Waals surface area contributed by atoms with Gasteiger partial charge in [0.25, 0.3) is 0 Å². The van der Waals surface area contributed by atoms with Crippen molar-refractivity contribution in [3.63, 3.8) is 0 Å². The number of hydrogen-bond acceptors (Lipinski definition) is 3. The zero-order valence-corrected chi connectivity index (χ0v) is 12.1. The van der Waals surface area contributed by atoms with Gasteiger partial charge in [-0.25, -0.2) is 0 Å². The average Bonchev–Trinajstić information content (AvgIpc) is 2.36. The van der Waals surface area contributed by atoms with E-state index in [0.29, 0.717) is 0 Å². The molecule has 0 unspecified atom stereocenters. The number of nitrogens with zero attached hydrogens (tertiary/aromatic N) is 2. The maximum absolute atomic E-state index is 12.2. The van der Waals surface area contributed by atoms with Gasteiger partial charge in [0, 0.05) is 27.1 Å². The third kappa shape index (κ3) is 2.48. The zero-order valence-electron chi connectivity index (χ0n) is 12.1. The summed E-state index contributed by atoms with van der Waals surface area (Å²) in [5, 5.41) is 0. The summed E-state index contributed by atoms with van der Waals surface area (Å²) in [7, 11) is 1.55. The van der Waals surface area contributed by atoms with Crippen molar-refractivity contribution in [2.75, 3.05) is 26.8 Å². The second-order valence-electron chi connectivity index (χ2n) is 5.81. The second kappa shape index (κ2) is 5.49. The molecule has 0 aromatic rings. The van der Waals surface area contributed by atoms with E-state index in [0.717, 1.165) is 38.8 Å². The normalized spacial score (nSPS) is 31.0. The molecule has 0 saturated carbocycles. The molecule has 0 aromatic heterocycles. The van der Waals surface area contributed by atoms with Crippen molar-refractivity contribution in [1.29, 1.82) is 0 Å². The van der Waals surface area contributed by atoms with Crippen LogP contribution in [-0.2, 0) is 14.3 Å². The van der Waals surface area contributed by atoms with Gasteiger partial charge in [-0.1, -0.05) is 0 Å². The minimum absolute atomic E-state index is 0.0418. The summed E-state index contributed by atoms with van der Waals surface area (Å²) in [6, 6.07) is 0.160. The van der Waals surface area contributed by atoms with Gasteiger partial charge in [0.05, 0.1) is 11.6 Å². The van der Waals surface area contributed by atoms with E-state index in [2.05, 4.69) is 6.92 Å². The summed E-state index contributed by atoms with van der Waals surface area (Å²) in [6.45, 7) is 5.48. The molecule has 2 saturated heterocycles. The van der Waals surface area contributed by atoms with Gasteiger partial charge in [0.1, 0.15) is 6.61 Å². The fourth-order valence-corrected chi connectivity index (χ4v) is 3.73. The summed E-state index contributed by atoms with van der Waals surface area (Å²) >= 11 is 0. The molecule has 0 spiro atoms. The Hall–Kier alpha value is -1.10. The number of piperidine rings is 2. The van der Waals surface area contributed by atoms with Crippen molar-refractivity contribution in [2.45, 2.75) is 51.1 Å². The number of fused-ring (bicyclic) bond motifs is 1. The highest BCUT2D eigenvalue weighted by Crippen LogP contribution is 2.39. The van der Waals surface area contributed by atoms with Crippen molar-refractivity contribution in [3.8, 4) is 0 Å². The monoisotopic (exact) mass is 268 g/mol. The van der Waals surface area contributed by atoms with Crippen LogP contribution >= 0.6 is 0 Å². The van der Waals surface area contributed by atoms with Crippen molar-refractivity contribution in [2.24, 2.45) is 0 Å². The highest BCUT2D eigenvalue weighted by molar-refractivity contribution is 5.79.